The van der Waals surface area contributed by atoms with E-state index in [-0.39, 0.29) is 11.8 Å². The number of rotatable bonds is 4. The Bertz CT molecular complexity index is 2070. The number of hydrogen-bond acceptors (Lipinski definition) is 2. The van der Waals surface area contributed by atoms with Crippen LogP contribution in [0.25, 0.3) is 49.7 Å². The van der Waals surface area contributed by atoms with Crippen LogP contribution in [0.3, 0.4) is 0 Å². The standard InChI is InChI=1S/C38H24N2O2/c41-37-32-23-12-24-33(34(32)38(42)39(37)27-17-8-3-9-18-27)40-35-28(25-13-4-1-5-14-25)19-10-21-30(35)31-22-11-20-29(36(31)40)26-15-6-2-7-16-26/h1-24H. The zero-order valence-electron chi connectivity index (χ0n) is 22.6. The summed E-state index contributed by atoms with van der Waals surface area (Å²) in [4.78, 5) is 29.2. The van der Waals surface area contributed by atoms with Gasteiger partial charge in [-0.05, 0) is 35.4 Å². The summed E-state index contributed by atoms with van der Waals surface area (Å²) in [6, 6.07) is 48.1. The van der Waals surface area contributed by atoms with E-state index in [1.807, 2.05) is 66.7 Å². The van der Waals surface area contributed by atoms with Crippen LogP contribution < -0.4 is 4.90 Å². The van der Waals surface area contributed by atoms with Crippen molar-refractivity contribution in [2.24, 2.45) is 0 Å². The summed E-state index contributed by atoms with van der Waals surface area (Å²) in [5.74, 6) is -0.628. The number of fused-ring (bicyclic) bond motifs is 4. The van der Waals surface area contributed by atoms with Gasteiger partial charge in [0, 0.05) is 21.9 Å². The summed E-state index contributed by atoms with van der Waals surface area (Å²) < 4.78 is 2.20. The molecule has 0 radical (unpaired) electrons. The van der Waals surface area contributed by atoms with Gasteiger partial charge >= 0.3 is 0 Å². The second kappa shape index (κ2) is 9.43. The normalized spacial score (nSPS) is 12.8. The summed E-state index contributed by atoms with van der Waals surface area (Å²) in [5, 5.41) is 2.16. The predicted molar refractivity (Wildman–Crippen MR) is 169 cm³/mol. The molecule has 0 aliphatic carbocycles. The summed E-state index contributed by atoms with van der Waals surface area (Å²) in [7, 11) is 0. The van der Waals surface area contributed by atoms with Gasteiger partial charge in [-0.2, -0.15) is 0 Å². The second-order valence-corrected chi connectivity index (χ2v) is 10.5. The molecule has 2 heterocycles. The monoisotopic (exact) mass is 540 g/mol. The highest BCUT2D eigenvalue weighted by Crippen LogP contribution is 2.43. The number of hydrogen-bond donors (Lipinski definition) is 0. The quantitative estimate of drug-likeness (QED) is 0.209. The van der Waals surface area contributed by atoms with Crippen molar-refractivity contribution in [3.63, 3.8) is 0 Å². The van der Waals surface area contributed by atoms with Gasteiger partial charge in [0.2, 0.25) is 0 Å². The fourth-order valence-electron chi connectivity index (χ4n) is 6.32. The lowest BCUT2D eigenvalue weighted by atomic mass is 10.0. The van der Waals surface area contributed by atoms with Gasteiger partial charge in [0.25, 0.3) is 11.8 Å². The molecule has 8 rings (SSSR count). The molecule has 42 heavy (non-hydrogen) atoms. The predicted octanol–water partition coefficient (Wildman–Crippen LogP) is 8.92. The van der Waals surface area contributed by atoms with Crippen LogP contribution in [0.4, 0.5) is 5.69 Å². The zero-order valence-corrected chi connectivity index (χ0v) is 22.6. The highest BCUT2D eigenvalue weighted by Gasteiger charge is 2.39. The van der Waals surface area contributed by atoms with Crippen LogP contribution in [0.1, 0.15) is 20.7 Å². The molecule has 1 aliphatic heterocycles. The number of anilines is 1. The first-order chi connectivity index (χ1) is 20.7. The summed E-state index contributed by atoms with van der Waals surface area (Å²) in [6.07, 6.45) is 0. The molecule has 0 saturated carbocycles. The Morgan fingerprint density at radius 3 is 1.43 bits per heavy atom. The van der Waals surface area contributed by atoms with E-state index in [1.54, 1.807) is 18.2 Å². The Balaban J connectivity index is 1.51. The van der Waals surface area contributed by atoms with Crippen molar-refractivity contribution in [2.75, 3.05) is 4.90 Å². The van der Waals surface area contributed by atoms with Crippen LogP contribution in [-0.4, -0.2) is 16.4 Å². The van der Waals surface area contributed by atoms with E-state index in [0.717, 1.165) is 44.1 Å². The smallest absolute Gasteiger partial charge is 0.268 e. The Labute approximate surface area is 242 Å². The van der Waals surface area contributed by atoms with Crippen LogP contribution in [-0.2, 0) is 0 Å². The number of nitrogens with zero attached hydrogens (tertiary/aromatic N) is 2. The van der Waals surface area contributed by atoms with Crippen molar-refractivity contribution >= 4 is 39.3 Å². The number of aromatic nitrogens is 1. The molecule has 4 heteroatoms. The van der Waals surface area contributed by atoms with Crippen molar-refractivity contribution in [3.8, 4) is 27.9 Å². The summed E-state index contributed by atoms with van der Waals surface area (Å²) in [5.41, 5.74) is 8.33. The van der Waals surface area contributed by atoms with Gasteiger partial charge in [0.05, 0.1) is 33.5 Å². The van der Waals surface area contributed by atoms with Gasteiger partial charge in [-0.1, -0.05) is 121 Å². The highest BCUT2D eigenvalue weighted by molar-refractivity contribution is 6.36. The Morgan fingerprint density at radius 1 is 0.405 bits per heavy atom. The summed E-state index contributed by atoms with van der Waals surface area (Å²) in [6.45, 7) is 0. The SMILES string of the molecule is O=C1c2cccc(-n3c4c(-c5ccccc5)cccc4c4cccc(-c5ccccc5)c43)c2C(=O)N1c1ccccc1. The molecule has 0 spiro atoms. The van der Waals surface area contributed by atoms with Crippen LogP contribution in [0, 0.1) is 0 Å². The molecule has 0 saturated heterocycles. The third-order valence-electron chi connectivity index (χ3n) is 8.13. The number of para-hydroxylation sites is 3. The second-order valence-electron chi connectivity index (χ2n) is 10.5. The average molecular weight is 541 g/mol. The molecule has 0 fully saturated rings. The molecule has 4 nitrogen and oxygen atoms in total. The Kier molecular flexibility index (Phi) is 5.41. The van der Waals surface area contributed by atoms with E-state index in [4.69, 9.17) is 0 Å². The van der Waals surface area contributed by atoms with E-state index in [9.17, 15) is 9.59 Å². The molecule has 7 aromatic rings. The third-order valence-corrected chi connectivity index (χ3v) is 8.13. The molecule has 0 bridgehead atoms. The van der Waals surface area contributed by atoms with Crippen molar-refractivity contribution in [1.82, 2.24) is 4.57 Å². The maximum Gasteiger partial charge on any atom is 0.268 e. The fraction of sp³-hybridized carbons (Fsp3) is 0. The number of amides is 2. The minimum Gasteiger partial charge on any atom is -0.307 e. The lowest BCUT2D eigenvalue weighted by Gasteiger charge is -2.17. The Morgan fingerprint density at radius 2 is 0.881 bits per heavy atom. The third kappa shape index (κ3) is 3.49. The van der Waals surface area contributed by atoms with E-state index >= 15 is 0 Å². The molecule has 0 atom stereocenters. The van der Waals surface area contributed by atoms with Gasteiger partial charge in [-0.15, -0.1) is 0 Å². The van der Waals surface area contributed by atoms with Crippen molar-refractivity contribution < 1.29 is 9.59 Å². The first-order valence-corrected chi connectivity index (χ1v) is 14.0. The largest absolute Gasteiger partial charge is 0.307 e. The van der Waals surface area contributed by atoms with Crippen molar-refractivity contribution in [3.05, 3.63) is 157 Å². The van der Waals surface area contributed by atoms with Crippen LogP contribution in [0.15, 0.2) is 146 Å². The number of carbonyl (C=O) groups excluding carboxylic acids is 2. The zero-order chi connectivity index (χ0) is 28.2. The lowest BCUT2D eigenvalue weighted by molar-refractivity contribution is 0.0926. The maximum absolute atomic E-state index is 14.2. The molecular formula is C38H24N2O2. The first-order valence-electron chi connectivity index (χ1n) is 14.0. The van der Waals surface area contributed by atoms with Gasteiger partial charge in [0.1, 0.15) is 0 Å². The van der Waals surface area contributed by atoms with E-state index in [1.165, 1.54) is 4.90 Å². The van der Waals surface area contributed by atoms with Crippen LogP contribution in [0.5, 0.6) is 0 Å². The molecule has 6 aromatic carbocycles. The average Bonchev–Trinajstić information content (AvgIpc) is 3.53. The molecule has 1 aliphatic rings. The molecular weight excluding hydrogens is 516 g/mol. The topological polar surface area (TPSA) is 42.3 Å². The number of carbonyl (C=O) groups is 2. The summed E-state index contributed by atoms with van der Waals surface area (Å²) >= 11 is 0. The number of imide groups is 1. The van der Waals surface area contributed by atoms with E-state index in [0.29, 0.717) is 22.5 Å². The van der Waals surface area contributed by atoms with Crippen LogP contribution in [0.2, 0.25) is 0 Å². The van der Waals surface area contributed by atoms with Crippen LogP contribution >= 0.6 is 0 Å². The molecule has 1 aromatic heterocycles. The lowest BCUT2D eigenvalue weighted by Crippen LogP contribution is -2.29. The minimum atomic E-state index is -0.318. The minimum absolute atomic E-state index is 0.310. The molecule has 0 unspecified atom stereocenters. The van der Waals surface area contributed by atoms with E-state index < -0.39 is 0 Å². The van der Waals surface area contributed by atoms with Crippen molar-refractivity contribution in [1.29, 1.82) is 0 Å². The van der Waals surface area contributed by atoms with Crippen molar-refractivity contribution in [2.45, 2.75) is 0 Å². The fourth-order valence-corrected chi connectivity index (χ4v) is 6.32. The van der Waals surface area contributed by atoms with Gasteiger partial charge in [-0.3, -0.25) is 9.59 Å². The Hall–Kier alpha value is -5.74. The van der Waals surface area contributed by atoms with Gasteiger partial charge in [0.15, 0.2) is 0 Å². The molecule has 2 amide bonds. The van der Waals surface area contributed by atoms with Gasteiger partial charge < -0.3 is 4.57 Å². The maximum atomic E-state index is 14.2. The highest BCUT2D eigenvalue weighted by atomic mass is 16.2. The molecule has 198 valence electrons. The molecule has 0 N–H and O–H groups in total. The number of benzene rings is 6. The first kappa shape index (κ1) is 24.1. The van der Waals surface area contributed by atoms with Gasteiger partial charge in [-0.25, -0.2) is 4.90 Å². The van der Waals surface area contributed by atoms with E-state index in [2.05, 4.69) is 65.2 Å².